The highest BCUT2D eigenvalue weighted by atomic mass is 35.5. The van der Waals surface area contributed by atoms with Crippen molar-refractivity contribution in [2.45, 2.75) is 0 Å². The van der Waals surface area contributed by atoms with Crippen molar-refractivity contribution >= 4 is 17.2 Å². The molecule has 0 N–H and O–H groups in total. The summed E-state index contributed by atoms with van der Waals surface area (Å²) in [6.45, 7) is 3.96. The van der Waals surface area contributed by atoms with Gasteiger partial charge < -0.3 is 4.42 Å². The average molecular weight is 205 g/mol. The van der Waals surface area contributed by atoms with Crippen molar-refractivity contribution in [2.24, 2.45) is 0 Å². The average Bonchev–Trinajstić information content (AvgIpc) is 2.71. The van der Waals surface area contributed by atoms with Crippen LogP contribution in [0, 0.1) is 0 Å². The lowest BCUT2D eigenvalue weighted by molar-refractivity contribution is 0.554. The molecule has 0 atom stereocenters. The fourth-order valence-electron chi connectivity index (χ4n) is 1.24. The molecule has 2 heteroatoms. The van der Waals surface area contributed by atoms with Crippen LogP contribution in [0.2, 0.25) is 5.02 Å². The molecule has 0 radical (unpaired) electrons. The van der Waals surface area contributed by atoms with Crippen LogP contribution in [0.1, 0.15) is 11.3 Å². The lowest BCUT2D eigenvalue weighted by Gasteiger charge is -2.01. The highest BCUT2D eigenvalue weighted by molar-refractivity contribution is 6.30. The van der Waals surface area contributed by atoms with Crippen molar-refractivity contribution in [3.63, 3.8) is 0 Å². The molecule has 0 aliphatic carbocycles. The minimum atomic E-state index is 0.723. The molecule has 0 amide bonds. The Morgan fingerprint density at radius 3 is 2.43 bits per heavy atom. The number of rotatable bonds is 2. The summed E-state index contributed by atoms with van der Waals surface area (Å²) < 4.78 is 5.25. The largest absolute Gasteiger partial charge is 0.464 e. The topological polar surface area (TPSA) is 13.1 Å². The maximum Gasteiger partial charge on any atom is 0.133 e. The van der Waals surface area contributed by atoms with E-state index in [4.69, 9.17) is 16.0 Å². The Bertz CT molecular complexity index is 426. The molecule has 0 bridgehead atoms. The number of hydrogen-bond donors (Lipinski definition) is 0. The van der Waals surface area contributed by atoms with Crippen molar-refractivity contribution < 1.29 is 4.42 Å². The predicted molar refractivity (Wildman–Crippen MR) is 58.3 cm³/mol. The van der Waals surface area contributed by atoms with E-state index in [1.54, 1.807) is 6.26 Å². The first-order valence-corrected chi connectivity index (χ1v) is 4.64. The van der Waals surface area contributed by atoms with Gasteiger partial charge in [0.15, 0.2) is 0 Å². The van der Waals surface area contributed by atoms with Crippen LogP contribution in [0.3, 0.4) is 0 Å². The van der Waals surface area contributed by atoms with Crippen LogP contribution in [0.15, 0.2) is 53.7 Å². The number of halogens is 1. The first-order valence-electron chi connectivity index (χ1n) is 4.26. The molecule has 0 unspecified atom stereocenters. The molecule has 0 fully saturated rings. The van der Waals surface area contributed by atoms with Crippen molar-refractivity contribution in [3.8, 4) is 0 Å². The minimum absolute atomic E-state index is 0.723. The van der Waals surface area contributed by atoms with Crippen molar-refractivity contribution in [1.29, 1.82) is 0 Å². The maximum absolute atomic E-state index is 5.79. The SMILES string of the molecule is C=C(c1ccc(Cl)cc1)c1ccco1. The molecule has 2 rings (SSSR count). The summed E-state index contributed by atoms with van der Waals surface area (Å²) in [4.78, 5) is 0. The first-order chi connectivity index (χ1) is 6.77. The molecular weight excluding hydrogens is 196 g/mol. The molecule has 0 saturated carbocycles. The summed E-state index contributed by atoms with van der Waals surface area (Å²) >= 11 is 5.79. The van der Waals surface area contributed by atoms with Crippen LogP contribution in [0.25, 0.3) is 5.57 Å². The van der Waals surface area contributed by atoms with Gasteiger partial charge in [-0.2, -0.15) is 0 Å². The highest BCUT2D eigenvalue weighted by Crippen LogP contribution is 2.22. The van der Waals surface area contributed by atoms with Gasteiger partial charge >= 0.3 is 0 Å². The zero-order chi connectivity index (χ0) is 9.97. The third kappa shape index (κ3) is 1.73. The standard InChI is InChI=1S/C12H9ClO/c1-9(12-3-2-8-14-12)10-4-6-11(13)7-5-10/h2-8H,1H2. The fraction of sp³-hybridized carbons (Fsp3) is 0. The number of furan rings is 1. The van der Waals surface area contributed by atoms with E-state index in [1.807, 2.05) is 36.4 Å². The van der Waals surface area contributed by atoms with E-state index in [-0.39, 0.29) is 0 Å². The van der Waals surface area contributed by atoms with E-state index < -0.39 is 0 Å². The molecule has 1 heterocycles. The third-order valence-corrected chi connectivity index (χ3v) is 2.26. The van der Waals surface area contributed by atoms with Gasteiger partial charge in [-0.1, -0.05) is 30.3 Å². The van der Waals surface area contributed by atoms with Gasteiger partial charge in [-0.3, -0.25) is 0 Å². The van der Waals surface area contributed by atoms with Gasteiger partial charge in [0, 0.05) is 10.6 Å². The fourth-order valence-corrected chi connectivity index (χ4v) is 1.37. The van der Waals surface area contributed by atoms with Crippen LogP contribution in [0.4, 0.5) is 0 Å². The van der Waals surface area contributed by atoms with E-state index in [9.17, 15) is 0 Å². The monoisotopic (exact) mass is 204 g/mol. The van der Waals surface area contributed by atoms with E-state index >= 15 is 0 Å². The molecule has 70 valence electrons. The lowest BCUT2D eigenvalue weighted by Crippen LogP contribution is -1.82. The molecule has 0 spiro atoms. The second-order valence-electron chi connectivity index (χ2n) is 2.96. The summed E-state index contributed by atoms with van der Waals surface area (Å²) in [6, 6.07) is 11.3. The quantitative estimate of drug-likeness (QED) is 0.721. The van der Waals surface area contributed by atoms with Crippen LogP contribution >= 0.6 is 11.6 Å². The second kappa shape index (κ2) is 3.72. The zero-order valence-electron chi connectivity index (χ0n) is 7.53. The van der Waals surface area contributed by atoms with Crippen molar-refractivity contribution in [1.82, 2.24) is 0 Å². The Morgan fingerprint density at radius 2 is 1.86 bits per heavy atom. The highest BCUT2D eigenvalue weighted by Gasteiger charge is 2.03. The molecule has 0 aliphatic rings. The van der Waals surface area contributed by atoms with Gasteiger partial charge in [-0.15, -0.1) is 0 Å². The Labute approximate surface area is 87.6 Å². The minimum Gasteiger partial charge on any atom is -0.464 e. The molecule has 2 aromatic rings. The van der Waals surface area contributed by atoms with Gasteiger partial charge in [0.05, 0.1) is 6.26 Å². The summed E-state index contributed by atoms with van der Waals surface area (Å²) in [7, 11) is 0. The number of benzene rings is 1. The molecule has 0 saturated heterocycles. The summed E-state index contributed by atoms with van der Waals surface area (Å²) in [6.07, 6.45) is 1.64. The third-order valence-electron chi connectivity index (χ3n) is 2.01. The molecule has 1 nitrogen and oxygen atoms in total. The number of hydrogen-bond acceptors (Lipinski definition) is 1. The molecule has 14 heavy (non-hydrogen) atoms. The predicted octanol–water partition coefficient (Wildman–Crippen LogP) is 3.99. The Balaban J connectivity index is 2.33. The van der Waals surface area contributed by atoms with E-state index in [0.717, 1.165) is 21.9 Å². The van der Waals surface area contributed by atoms with Gasteiger partial charge in [-0.25, -0.2) is 0 Å². The van der Waals surface area contributed by atoms with Crippen molar-refractivity contribution in [3.05, 3.63) is 65.6 Å². The van der Waals surface area contributed by atoms with Crippen LogP contribution in [0.5, 0.6) is 0 Å². The molecule has 1 aromatic heterocycles. The van der Waals surface area contributed by atoms with Gasteiger partial charge in [0.1, 0.15) is 5.76 Å². The van der Waals surface area contributed by atoms with Gasteiger partial charge in [-0.05, 0) is 29.8 Å². The van der Waals surface area contributed by atoms with Crippen molar-refractivity contribution in [2.75, 3.05) is 0 Å². The molecule has 1 aromatic carbocycles. The lowest BCUT2D eigenvalue weighted by atomic mass is 10.1. The Kier molecular flexibility index (Phi) is 2.42. The first kappa shape index (κ1) is 9.10. The van der Waals surface area contributed by atoms with E-state index in [2.05, 4.69) is 6.58 Å². The Morgan fingerprint density at radius 1 is 1.14 bits per heavy atom. The molecular formula is C12H9ClO. The van der Waals surface area contributed by atoms with E-state index in [1.165, 1.54) is 0 Å². The second-order valence-corrected chi connectivity index (χ2v) is 3.40. The summed E-state index contributed by atoms with van der Waals surface area (Å²) in [5.74, 6) is 0.785. The normalized spacial score (nSPS) is 10.1. The van der Waals surface area contributed by atoms with Gasteiger partial charge in [0.25, 0.3) is 0 Å². The summed E-state index contributed by atoms with van der Waals surface area (Å²) in [5, 5.41) is 0.723. The smallest absolute Gasteiger partial charge is 0.133 e. The summed E-state index contributed by atoms with van der Waals surface area (Å²) in [5.41, 5.74) is 1.89. The van der Waals surface area contributed by atoms with E-state index in [0.29, 0.717) is 0 Å². The maximum atomic E-state index is 5.79. The van der Waals surface area contributed by atoms with Gasteiger partial charge in [0.2, 0.25) is 0 Å². The van der Waals surface area contributed by atoms with Crippen LogP contribution < -0.4 is 0 Å². The van der Waals surface area contributed by atoms with Crippen LogP contribution in [-0.4, -0.2) is 0 Å². The zero-order valence-corrected chi connectivity index (χ0v) is 8.29. The van der Waals surface area contributed by atoms with Crippen LogP contribution in [-0.2, 0) is 0 Å². The molecule has 0 aliphatic heterocycles. The Hall–Kier alpha value is -1.47.